The second kappa shape index (κ2) is 17.5. The highest BCUT2D eigenvalue weighted by Crippen LogP contribution is 2.67. The molecule has 0 aromatic heterocycles. The quantitative estimate of drug-likeness (QED) is 0.0479. The Morgan fingerprint density at radius 2 is 1.43 bits per heavy atom. The second-order valence-electron chi connectivity index (χ2n) is 17.0. The Hall–Kier alpha value is -3.58. The highest BCUT2D eigenvalue weighted by molar-refractivity contribution is 6.99. The van der Waals surface area contributed by atoms with Crippen molar-refractivity contribution < 1.29 is 18.7 Å². The summed E-state index contributed by atoms with van der Waals surface area (Å²) in [6.45, 7) is 19.1. The summed E-state index contributed by atoms with van der Waals surface area (Å²) >= 11 is 6.05. The van der Waals surface area contributed by atoms with Gasteiger partial charge in [-0.1, -0.05) is 167 Å². The van der Waals surface area contributed by atoms with E-state index in [0.717, 1.165) is 48.1 Å². The molecule has 4 nitrogen and oxygen atoms in total. The fraction of sp³-hybridized carbons (Fsp3) is 0.396. The molecule has 0 unspecified atom stereocenters. The Morgan fingerprint density at radius 3 is 2.00 bits per heavy atom. The zero-order chi connectivity index (χ0) is 39.0. The van der Waals surface area contributed by atoms with E-state index in [0.29, 0.717) is 18.8 Å². The van der Waals surface area contributed by atoms with E-state index in [-0.39, 0.29) is 27.8 Å². The summed E-state index contributed by atoms with van der Waals surface area (Å²) in [5.74, 6) is 0. The molecule has 54 heavy (non-hydrogen) atoms. The molecule has 286 valence electrons. The first-order chi connectivity index (χ1) is 25.6. The lowest BCUT2D eigenvalue weighted by Gasteiger charge is -2.43. The number of carbonyl (C=O) groups excluding carboxylic acids is 1. The number of hydrogen-bond acceptors (Lipinski definition) is 4. The van der Waals surface area contributed by atoms with E-state index in [1.807, 2.05) is 54.6 Å². The number of benzene rings is 3. The number of epoxide rings is 1. The molecule has 0 N–H and O–H groups in total. The molecule has 1 aliphatic carbocycles. The van der Waals surface area contributed by atoms with Gasteiger partial charge in [-0.05, 0) is 84.1 Å². The number of carbonyl (C=O) groups is 1. The maximum atomic E-state index is 11.9. The molecule has 3 aromatic rings. The SMILES string of the molecule is C\C(=C/C=C/C(C=O)=C\C=C\C=C(/C)CO[Si](c1ccccc1)(c1ccccc1)C(C)(C)C)CC[C@@]12O[C@]1(C)C[C@@H](OCc1ccc(Cl)cc1)CC2(C)C. The van der Waals surface area contributed by atoms with Crippen molar-refractivity contribution >= 4 is 36.6 Å². The van der Waals surface area contributed by atoms with Crippen LogP contribution in [0.4, 0.5) is 0 Å². The minimum atomic E-state index is -2.61. The number of hydrogen-bond donors (Lipinski definition) is 0. The van der Waals surface area contributed by atoms with Crippen LogP contribution in [0, 0.1) is 5.41 Å². The zero-order valence-electron chi connectivity index (χ0n) is 33.5. The number of aldehydes is 1. The summed E-state index contributed by atoms with van der Waals surface area (Å²) in [5.41, 5.74) is 3.76. The van der Waals surface area contributed by atoms with E-state index >= 15 is 0 Å². The molecule has 3 atom stereocenters. The van der Waals surface area contributed by atoms with Gasteiger partial charge in [0, 0.05) is 17.0 Å². The third-order valence-electron chi connectivity index (χ3n) is 11.5. The van der Waals surface area contributed by atoms with Crippen molar-refractivity contribution in [3.8, 4) is 0 Å². The van der Waals surface area contributed by atoms with Crippen LogP contribution < -0.4 is 10.4 Å². The molecule has 0 radical (unpaired) electrons. The largest absolute Gasteiger partial charge is 0.403 e. The van der Waals surface area contributed by atoms with Crippen LogP contribution in [-0.2, 0) is 25.3 Å². The molecule has 2 fully saturated rings. The monoisotopic (exact) mass is 762 g/mol. The standard InChI is InChI=1S/C48H59ClO4Si/c1-37(30-31-48-46(6,7)32-42(33-47(48,8)53-48)51-36-40-26-28-41(49)29-27-40)19-17-21-39(34-50)20-16-15-18-38(2)35-52-54(45(3,4)5,43-22-11-9-12-23-43)44-24-13-10-14-25-44/h9-29,34,42H,30-33,35-36H2,1-8H3/b16-15+,21-17+,37-19+,38-18+,39-20+/t42-,47+,48-/m0/s1. The molecular formula is C48H59ClO4Si. The average molecular weight is 764 g/mol. The molecule has 5 rings (SSSR count). The number of halogens is 1. The van der Waals surface area contributed by atoms with Gasteiger partial charge in [0.2, 0.25) is 0 Å². The topological polar surface area (TPSA) is 48.1 Å². The summed E-state index contributed by atoms with van der Waals surface area (Å²) in [5, 5.41) is 3.19. The van der Waals surface area contributed by atoms with Gasteiger partial charge in [-0.2, -0.15) is 0 Å². The minimum Gasteiger partial charge on any atom is -0.403 e. The van der Waals surface area contributed by atoms with Crippen molar-refractivity contribution in [2.75, 3.05) is 6.61 Å². The molecule has 0 bridgehead atoms. The first-order valence-electron chi connectivity index (χ1n) is 19.3. The van der Waals surface area contributed by atoms with Gasteiger partial charge in [0.25, 0.3) is 8.32 Å². The van der Waals surface area contributed by atoms with Crippen LogP contribution in [0.1, 0.15) is 86.6 Å². The Balaban J connectivity index is 1.15. The Morgan fingerprint density at radius 1 is 0.833 bits per heavy atom. The molecule has 0 amide bonds. The molecule has 0 spiro atoms. The predicted molar refractivity (Wildman–Crippen MR) is 228 cm³/mol. The highest BCUT2D eigenvalue weighted by Gasteiger charge is 2.75. The summed E-state index contributed by atoms with van der Waals surface area (Å²) < 4.78 is 20.1. The summed E-state index contributed by atoms with van der Waals surface area (Å²) in [6, 6.07) is 29.3. The van der Waals surface area contributed by atoms with Gasteiger partial charge in [0.1, 0.15) is 11.9 Å². The molecule has 1 saturated carbocycles. The number of rotatable bonds is 16. The normalized spacial score (nSPS) is 23.5. The van der Waals surface area contributed by atoms with Crippen LogP contribution >= 0.6 is 11.6 Å². The predicted octanol–water partition coefficient (Wildman–Crippen LogP) is 11.1. The maximum absolute atomic E-state index is 11.9. The minimum absolute atomic E-state index is 0.0130. The molecule has 1 aliphatic heterocycles. The van der Waals surface area contributed by atoms with Crippen LogP contribution in [0.15, 0.2) is 144 Å². The lowest BCUT2D eigenvalue weighted by molar-refractivity contribution is -0.104. The van der Waals surface area contributed by atoms with Crippen molar-refractivity contribution in [1.82, 2.24) is 0 Å². The van der Waals surface area contributed by atoms with Crippen molar-refractivity contribution in [2.45, 2.75) is 110 Å². The van der Waals surface area contributed by atoms with Gasteiger partial charge < -0.3 is 13.9 Å². The van der Waals surface area contributed by atoms with Crippen LogP contribution in [-0.4, -0.2) is 38.5 Å². The van der Waals surface area contributed by atoms with E-state index in [1.165, 1.54) is 15.9 Å². The number of fused-ring (bicyclic) bond motifs is 1. The van der Waals surface area contributed by atoms with Gasteiger partial charge in [0.15, 0.2) is 0 Å². The van der Waals surface area contributed by atoms with Gasteiger partial charge in [-0.3, -0.25) is 4.79 Å². The molecule has 6 heteroatoms. The van der Waals surface area contributed by atoms with E-state index in [2.05, 4.69) is 128 Å². The van der Waals surface area contributed by atoms with Crippen LogP contribution in [0.25, 0.3) is 0 Å². The highest BCUT2D eigenvalue weighted by atomic mass is 35.5. The van der Waals surface area contributed by atoms with E-state index in [9.17, 15) is 4.79 Å². The van der Waals surface area contributed by atoms with Crippen molar-refractivity contribution in [2.24, 2.45) is 5.41 Å². The maximum Gasteiger partial charge on any atom is 0.261 e. The molecule has 3 aromatic carbocycles. The fourth-order valence-corrected chi connectivity index (χ4v) is 13.3. The van der Waals surface area contributed by atoms with Crippen molar-refractivity contribution in [3.05, 3.63) is 155 Å². The van der Waals surface area contributed by atoms with E-state index in [4.69, 9.17) is 25.5 Å². The van der Waals surface area contributed by atoms with Gasteiger partial charge >= 0.3 is 0 Å². The first kappa shape index (κ1) is 41.6. The van der Waals surface area contributed by atoms with Gasteiger partial charge in [-0.25, -0.2) is 0 Å². The van der Waals surface area contributed by atoms with Crippen LogP contribution in [0.5, 0.6) is 0 Å². The van der Waals surface area contributed by atoms with Crippen molar-refractivity contribution in [1.29, 1.82) is 0 Å². The number of allylic oxidation sites excluding steroid dienone is 9. The molecule has 1 heterocycles. The third kappa shape index (κ3) is 9.43. The summed E-state index contributed by atoms with van der Waals surface area (Å²) in [6.07, 6.45) is 18.6. The fourth-order valence-electron chi connectivity index (χ4n) is 8.56. The number of ether oxygens (including phenoxy) is 2. The average Bonchev–Trinajstić information content (AvgIpc) is 3.78. The summed E-state index contributed by atoms with van der Waals surface area (Å²) in [4.78, 5) is 11.9. The first-order valence-corrected chi connectivity index (χ1v) is 21.6. The van der Waals surface area contributed by atoms with Crippen LogP contribution in [0.3, 0.4) is 0 Å². The lowest BCUT2D eigenvalue weighted by atomic mass is 9.61. The van der Waals surface area contributed by atoms with E-state index in [1.54, 1.807) is 0 Å². The van der Waals surface area contributed by atoms with E-state index < -0.39 is 8.32 Å². The third-order valence-corrected chi connectivity index (χ3v) is 16.7. The van der Waals surface area contributed by atoms with Crippen molar-refractivity contribution in [3.63, 3.8) is 0 Å². The van der Waals surface area contributed by atoms with Gasteiger partial charge in [0.05, 0.1) is 24.9 Å². The Labute approximate surface area is 330 Å². The molecule has 2 aliphatic rings. The Bertz CT molecular complexity index is 1830. The smallest absolute Gasteiger partial charge is 0.261 e. The van der Waals surface area contributed by atoms with Crippen LogP contribution in [0.2, 0.25) is 10.1 Å². The lowest BCUT2D eigenvalue weighted by Crippen LogP contribution is -2.66. The molecular weight excluding hydrogens is 704 g/mol. The zero-order valence-corrected chi connectivity index (χ0v) is 35.3. The Kier molecular flexibility index (Phi) is 13.5. The second-order valence-corrected chi connectivity index (χ2v) is 21.8. The van der Waals surface area contributed by atoms with Gasteiger partial charge in [-0.15, -0.1) is 0 Å². The summed E-state index contributed by atoms with van der Waals surface area (Å²) in [7, 11) is -2.61. The molecule has 1 saturated heterocycles.